The minimum atomic E-state index is -0.456. The highest BCUT2D eigenvalue weighted by Crippen LogP contribution is 2.44. The molecule has 5 rings (SSSR count). The second-order valence-electron chi connectivity index (χ2n) is 6.94. The van der Waals surface area contributed by atoms with Crippen LogP contribution in [0.5, 0.6) is 0 Å². The van der Waals surface area contributed by atoms with Gasteiger partial charge < -0.3 is 23.7 Å². The van der Waals surface area contributed by atoms with Crippen LogP contribution in [-0.2, 0) is 23.7 Å². The van der Waals surface area contributed by atoms with Crippen LogP contribution >= 0.6 is 0 Å². The smallest absolute Gasteiger partial charge is 0.188 e. The lowest BCUT2D eigenvalue weighted by Crippen LogP contribution is -2.54. The number of hydrogen-bond donors (Lipinski definition) is 0. The number of hydrogen-bond acceptors (Lipinski definition) is 5. The standard InChI is InChI=1S/C22H22O5/c1-23-22-20-18(16(12-24-20)14-8-4-2-5-9-14)19-17(26-22)13-25-21(27-19)15-10-6-3-7-11-15/h2-11,17,19-22H,12-13H2,1H3/t17-,19-,20+,21-,22+/m1/s1. The SMILES string of the molecule is CO[C@H]1O[C@@H]2CO[C@@H](c3ccccc3)O[C@H]2C2=C(c3ccccc3)CO[C@@H]21. The molecule has 0 N–H and O–H groups in total. The van der Waals surface area contributed by atoms with Crippen LogP contribution in [0.1, 0.15) is 17.4 Å². The Morgan fingerprint density at radius 2 is 1.59 bits per heavy atom. The summed E-state index contributed by atoms with van der Waals surface area (Å²) in [5.74, 6) is 0. The number of methoxy groups -OCH3 is 1. The van der Waals surface area contributed by atoms with Gasteiger partial charge in [-0.05, 0) is 11.1 Å². The number of rotatable bonds is 3. The van der Waals surface area contributed by atoms with Gasteiger partial charge >= 0.3 is 0 Å². The highest BCUT2D eigenvalue weighted by Gasteiger charge is 2.50. The molecule has 5 heteroatoms. The molecule has 0 aliphatic carbocycles. The van der Waals surface area contributed by atoms with Gasteiger partial charge in [-0.15, -0.1) is 0 Å². The summed E-state index contributed by atoms with van der Waals surface area (Å²) in [5, 5.41) is 0. The number of ether oxygens (including phenoxy) is 5. The maximum atomic E-state index is 6.39. The summed E-state index contributed by atoms with van der Waals surface area (Å²) in [7, 11) is 1.64. The normalized spacial score (nSPS) is 32.9. The number of fused-ring (bicyclic) bond motifs is 3. The quantitative estimate of drug-likeness (QED) is 0.834. The minimum absolute atomic E-state index is 0.221. The molecule has 3 heterocycles. The Kier molecular flexibility index (Phi) is 4.55. The van der Waals surface area contributed by atoms with Crippen molar-refractivity contribution in [3.8, 4) is 0 Å². The summed E-state index contributed by atoms with van der Waals surface area (Å²) >= 11 is 0. The van der Waals surface area contributed by atoms with Crippen molar-refractivity contribution < 1.29 is 23.7 Å². The summed E-state index contributed by atoms with van der Waals surface area (Å²) < 4.78 is 30.1. The molecule has 5 atom stereocenters. The van der Waals surface area contributed by atoms with Gasteiger partial charge in [-0.2, -0.15) is 0 Å². The molecule has 2 fully saturated rings. The second-order valence-corrected chi connectivity index (χ2v) is 6.94. The minimum Gasteiger partial charge on any atom is -0.364 e. The molecule has 3 aliphatic heterocycles. The van der Waals surface area contributed by atoms with E-state index in [9.17, 15) is 0 Å². The van der Waals surface area contributed by atoms with Crippen molar-refractivity contribution in [3.05, 3.63) is 77.4 Å². The molecule has 27 heavy (non-hydrogen) atoms. The molecule has 5 nitrogen and oxygen atoms in total. The Hall–Kier alpha value is -2.02. The molecule has 0 aromatic heterocycles. The Morgan fingerprint density at radius 1 is 0.852 bits per heavy atom. The van der Waals surface area contributed by atoms with E-state index in [2.05, 4.69) is 12.1 Å². The number of benzene rings is 2. The molecule has 0 amide bonds. The van der Waals surface area contributed by atoms with E-state index in [1.54, 1.807) is 7.11 Å². The summed E-state index contributed by atoms with van der Waals surface area (Å²) in [6.07, 6.45) is -1.58. The fourth-order valence-corrected chi connectivity index (χ4v) is 4.09. The van der Waals surface area contributed by atoms with E-state index >= 15 is 0 Å². The van der Waals surface area contributed by atoms with Crippen LogP contribution in [0, 0.1) is 0 Å². The van der Waals surface area contributed by atoms with E-state index in [4.69, 9.17) is 23.7 Å². The average molecular weight is 366 g/mol. The Morgan fingerprint density at radius 3 is 2.33 bits per heavy atom. The van der Waals surface area contributed by atoms with E-state index in [0.717, 1.165) is 22.3 Å². The molecule has 3 aliphatic rings. The third-order valence-corrected chi connectivity index (χ3v) is 5.37. The maximum absolute atomic E-state index is 6.39. The molecule has 0 bridgehead atoms. The van der Waals surface area contributed by atoms with Crippen LogP contribution in [-0.4, -0.2) is 44.9 Å². The Labute approximate surface area is 158 Å². The summed E-state index contributed by atoms with van der Waals surface area (Å²) in [6.45, 7) is 0.971. The van der Waals surface area contributed by atoms with Crippen molar-refractivity contribution in [2.75, 3.05) is 20.3 Å². The van der Waals surface area contributed by atoms with Crippen molar-refractivity contribution >= 4 is 5.57 Å². The lowest BCUT2D eigenvalue weighted by atomic mass is 9.89. The second kappa shape index (κ2) is 7.19. The fraction of sp³-hybridized carbons (Fsp3) is 0.364. The van der Waals surface area contributed by atoms with Crippen LogP contribution in [0.15, 0.2) is 66.2 Å². The zero-order valence-electron chi connectivity index (χ0n) is 15.1. The van der Waals surface area contributed by atoms with Gasteiger partial charge in [0.2, 0.25) is 0 Å². The van der Waals surface area contributed by atoms with Gasteiger partial charge in [-0.1, -0.05) is 60.7 Å². The lowest BCUT2D eigenvalue weighted by molar-refractivity contribution is -0.314. The van der Waals surface area contributed by atoms with E-state index in [0.29, 0.717) is 13.2 Å². The van der Waals surface area contributed by atoms with E-state index in [1.807, 2.05) is 48.5 Å². The zero-order valence-corrected chi connectivity index (χ0v) is 15.1. The highest BCUT2D eigenvalue weighted by atomic mass is 16.7. The molecular formula is C22H22O5. The molecule has 2 aromatic rings. The molecule has 0 spiro atoms. The van der Waals surface area contributed by atoms with Crippen LogP contribution in [0.2, 0.25) is 0 Å². The molecule has 0 saturated carbocycles. The maximum Gasteiger partial charge on any atom is 0.188 e. The van der Waals surface area contributed by atoms with Crippen molar-refractivity contribution in [1.82, 2.24) is 0 Å². The Balaban J connectivity index is 1.53. The van der Waals surface area contributed by atoms with Gasteiger partial charge in [0.05, 0.1) is 13.2 Å². The van der Waals surface area contributed by atoms with Crippen LogP contribution in [0.4, 0.5) is 0 Å². The topological polar surface area (TPSA) is 46.2 Å². The van der Waals surface area contributed by atoms with Gasteiger partial charge in [-0.3, -0.25) is 0 Å². The van der Waals surface area contributed by atoms with E-state index in [-0.39, 0.29) is 18.3 Å². The third-order valence-electron chi connectivity index (χ3n) is 5.37. The first kappa shape index (κ1) is 17.1. The summed E-state index contributed by atoms with van der Waals surface area (Å²) in [6, 6.07) is 20.3. The van der Waals surface area contributed by atoms with Crippen LogP contribution in [0.25, 0.3) is 5.57 Å². The van der Waals surface area contributed by atoms with Gasteiger partial charge in [0.25, 0.3) is 0 Å². The van der Waals surface area contributed by atoms with E-state index in [1.165, 1.54) is 0 Å². The van der Waals surface area contributed by atoms with Crippen molar-refractivity contribution in [2.45, 2.75) is 30.9 Å². The predicted molar refractivity (Wildman–Crippen MR) is 98.8 cm³/mol. The van der Waals surface area contributed by atoms with Crippen molar-refractivity contribution in [2.24, 2.45) is 0 Å². The van der Waals surface area contributed by atoms with Gasteiger partial charge in [0.15, 0.2) is 12.6 Å². The molecule has 2 aromatic carbocycles. The first-order chi connectivity index (χ1) is 13.3. The van der Waals surface area contributed by atoms with Gasteiger partial charge in [-0.25, -0.2) is 0 Å². The van der Waals surface area contributed by atoms with E-state index < -0.39 is 12.6 Å². The fourth-order valence-electron chi connectivity index (χ4n) is 4.09. The third kappa shape index (κ3) is 3.02. The Bertz CT molecular complexity index is 819. The van der Waals surface area contributed by atoms with Gasteiger partial charge in [0, 0.05) is 18.2 Å². The first-order valence-electron chi connectivity index (χ1n) is 9.25. The van der Waals surface area contributed by atoms with Crippen molar-refractivity contribution in [1.29, 1.82) is 0 Å². The van der Waals surface area contributed by atoms with Crippen molar-refractivity contribution in [3.63, 3.8) is 0 Å². The lowest BCUT2D eigenvalue weighted by Gasteiger charge is -2.44. The largest absolute Gasteiger partial charge is 0.364 e. The molecule has 2 saturated heterocycles. The predicted octanol–water partition coefficient (Wildman–Crippen LogP) is 3.32. The zero-order chi connectivity index (χ0) is 18.2. The molecule has 0 unspecified atom stereocenters. The van der Waals surface area contributed by atoms with Gasteiger partial charge in [0.1, 0.15) is 18.3 Å². The monoisotopic (exact) mass is 366 g/mol. The highest BCUT2D eigenvalue weighted by molar-refractivity contribution is 5.73. The first-order valence-corrected chi connectivity index (χ1v) is 9.25. The molecule has 0 radical (unpaired) electrons. The average Bonchev–Trinajstić information content (AvgIpc) is 3.20. The van der Waals surface area contributed by atoms with Crippen LogP contribution < -0.4 is 0 Å². The summed E-state index contributed by atoms with van der Waals surface area (Å²) in [5.41, 5.74) is 4.43. The molecular weight excluding hydrogens is 344 g/mol. The summed E-state index contributed by atoms with van der Waals surface area (Å²) in [4.78, 5) is 0. The molecule has 140 valence electrons. The van der Waals surface area contributed by atoms with Crippen LogP contribution in [0.3, 0.4) is 0 Å².